The van der Waals surface area contributed by atoms with Gasteiger partial charge in [-0.15, -0.1) is 0 Å². The van der Waals surface area contributed by atoms with E-state index in [2.05, 4.69) is 6.92 Å². The van der Waals surface area contributed by atoms with Crippen LogP contribution in [-0.4, -0.2) is 49.8 Å². The standard InChI is InChI=1S/C18H37NO.CH2O3.Ca/c1-2-3-4-5-6-7-8-9-10-11-12-13-14-15-16-17-18(19)20;2-1(3)4;/h2-17H2,1H3,(H2,19,20);(H2,2,3,4);/q;;+2/p-2. The molecule has 2 N–H and O–H groups in total. The molecule has 0 saturated carbocycles. The molecule has 0 aromatic carbocycles. The molecule has 5 nitrogen and oxygen atoms in total. The van der Waals surface area contributed by atoms with Crippen LogP contribution < -0.4 is 15.9 Å². The van der Waals surface area contributed by atoms with Gasteiger partial charge in [0.25, 0.3) is 0 Å². The summed E-state index contributed by atoms with van der Waals surface area (Å²) >= 11 is 0. The molecule has 0 unspecified atom stereocenters. The van der Waals surface area contributed by atoms with Crippen LogP contribution >= 0.6 is 0 Å². The summed E-state index contributed by atoms with van der Waals surface area (Å²) in [4.78, 5) is 18.9. The third-order valence-corrected chi connectivity index (χ3v) is 4.03. The second kappa shape index (κ2) is 26.2. The van der Waals surface area contributed by atoms with Crippen LogP contribution in [0.4, 0.5) is 4.79 Å². The number of hydrogen-bond acceptors (Lipinski definition) is 4. The Labute approximate surface area is 184 Å². The van der Waals surface area contributed by atoms with Crippen LogP contribution in [0.15, 0.2) is 0 Å². The number of unbranched alkanes of at least 4 members (excludes halogenated alkanes) is 14. The average Bonchev–Trinajstić information content (AvgIpc) is 2.50. The number of primary amides is 1. The fraction of sp³-hybridized carbons (Fsp3) is 0.895. The maximum absolute atomic E-state index is 10.6. The van der Waals surface area contributed by atoms with E-state index < -0.39 is 6.16 Å². The molecule has 6 heteroatoms. The summed E-state index contributed by atoms with van der Waals surface area (Å²) in [5.74, 6) is -0.153. The van der Waals surface area contributed by atoms with E-state index in [9.17, 15) is 4.79 Å². The molecule has 0 radical (unpaired) electrons. The molecule has 0 aromatic heterocycles. The van der Waals surface area contributed by atoms with E-state index >= 15 is 0 Å². The third-order valence-electron chi connectivity index (χ3n) is 4.03. The molecule has 0 aliphatic heterocycles. The van der Waals surface area contributed by atoms with E-state index in [0.29, 0.717) is 6.42 Å². The first-order chi connectivity index (χ1) is 11.5. The molecule has 25 heavy (non-hydrogen) atoms. The molecule has 1 amide bonds. The normalized spacial score (nSPS) is 9.64. The van der Waals surface area contributed by atoms with E-state index in [-0.39, 0.29) is 43.6 Å². The van der Waals surface area contributed by atoms with Gasteiger partial charge >= 0.3 is 37.7 Å². The molecule has 0 atom stereocenters. The zero-order chi connectivity index (χ0) is 18.5. The van der Waals surface area contributed by atoms with Crippen molar-refractivity contribution in [1.29, 1.82) is 0 Å². The van der Waals surface area contributed by atoms with Gasteiger partial charge in [0.15, 0.2) is 0 Å². The van der Waals surface area contributed by atoms with Gasteiger partial charge in [-0.25, -0.2) is 0 Å². The molecule has 0 saturated heterocycles. The zero-order valence-corrected chi connectivity index (χ0v) is 18.4. The van der Waals surface area contributed by atoms with Crippen molar-refractivity contribution in [2.75, 3.05) is 0 Å². The fourth-order valence-corrected chi connectivity index (χ4v) is 2.67. The second-order valence-corrected chi connectivity index (χ2v) is 6.42. The van der Waals surface area contributed by atoms with Crippen LogP contribution in [0.1, 0.15) is 110 Å². The molecule has 0 aliphatic carbocycles. The molecule has 0 heterocycles. The Bertz CT molecular complexity index is 285. The number of carbonyl (C=O) groups excluding carboxylic acids is 2. The van der Waals surface area contributed by atoms with Crippen molar-refractivity contribution < 1.29 is 19.8 Å². The minimum atomic E-state index is -2.33. The van der Waals surface area contributed by atoms with Gasteiger partial charge < -0.3 is 20.7 Å². The van der Waals surface area contributed by atoms with E-state index in [1.54, 1.807) is 0 Å². The van der Waals surface area contributed by atoms with Crippen LogP contribution in [-0.2, 0) is 4.79 Å². The van der Waals surface area contributed by atoms with Crippen LogP contribution in [0, 0.1) is 0 Å². The van der Waals surface area contributed by atoms with Gasteiger partial charge in [0, 0.05) is 6.42 Å². The van der Waals surface area contributed by atoms with Crippen molar-refractivity contribution in [3.05, 3.63) is 0 Å². The number of rotatable bonds is 16. The summed E-state index contributed by atoms with van der Waals surface area (Å²) in [7, 11) is 0. The number of carbonyl (C=O) groups is 2. The Morgan fingerprint density at radius 2 is 0.880 bits per heavy atom. The Balaban J connectivity index is -0.000000867. The summed E-state index contributed by atoms with van der Waals surface area (Å²) in [6.45, 7) is 2.28. The topological polar surface area (TPSA) is 106 Å². The predicted molar refractivity (Wildman–Crippen MR) is 99.9 cm³/mol. The maximum atomic E-state index is 10.6. The van der Waals surface area contributed by atoms with Gasteiger partial charge in [0.05, 0.1) is 0 Å². The van der Waals surface area contributed by atoms with Gasteiger partial charge in [-0.1, -0.05) is 96.8 Å². The zero-order valence-electron chi connectivity index (χ0n) is 16.2. The van der Waals surface area contributed by atoms with Gasteiger partial charge in [-0.3, -0.25) is 4.79 Å². The molecule has 0 rings (SSSR count). The maximum Gasteiger partial charge on any atom is 2.00 e. The van der Waals surface area contributed by atoms with Crippen molar-refractivity contribution in [3.63, 3.8) is 0 Å². The van der Waals surface area contributed by atoms with Crippen LogP contribution in [0.25, 0.3) is 0 Å². The first-order valence-corrected chi connectivity index (χ1v) is 9.67. The molecule has 0 spiro atoms. The number of nitrogens with two attached hydrogens (primary N) is 1. The molecule has 144 valence electrons. The first-order valence-electron chi connectivity index (χ1n) is 9.67. The Hall–Kier alpha value is -0.000260. The summed E-state index contributed by atoms with van der Waals surface area (Å²) in [6, 6.07) is 0. The number of amides is 1. The SMILES string of the molecule is CCCCCCCCCCCCCCCCCC(N)=O.O=C([O-])[O-].[Ca+2]. The minimum Gasteiger partial charge on any atom is -0.652 e. The third kappa shape index (κ3) is 40.2. The first kappa shape index (κ1) is 29.8. The van der Waals surface area contributed by atoms with Gasteiger partial charge in [-0.05, 0) is 12.6 Å². The summed E-state index contributed by atoms with van der Waals surface area (Å²) in [6.07, 6.45) is 18.5. The van der Waals surface area contributed by atoms with Crippen LogP contribution in [0.2, 0.25) is 0 Å². The molecule has 0 bridgehead atoms. The molecular weight excluding hydrogens is 346 g/mol. The van der Waals surface area contributed by atoms with E-state index in [1.807, 2.05) is 0 Å². The van der Waals surface area contributed by atoms with E-state index in [4.69, 9.17) is 20.7 Å². The van der Waals surface area contributed by atoms with Crippen molar-refractivity contribution in [1.82, 2.24) is 0 Å². The smallest absolute Gasteiger partial charge is 0.652 e. The van der Waals surface area contributed by atoms with Gasteiger partial charge in [0.1, 0.15) is 0 Å². The summed E-state index contributed by atoms with van der Waals surface area (Å²) in [5.41, 5.74) is 5.11. The summed E-state index contributed by atoms with van der Waals surface area (Å²) < 4.78 is 0. The van der Waals surface area contributed by atoms with Crippen molar-refractivity contribution in [3.8, 4) is 0 Å². The molecule has 0 aliphatic rings. The largest absolute Gasteiger partial charge is 2.00 e. The van der Waals surface area contributed by atoms with E-state index in [0.717, 1.165) is 6.42 Å². The van der Waals surface area contributed by atoms with Crippen LogP contribution in [0.3, 0.4) is 0 Å². The molecule has 0 fully saturated rings. The minimum absolute atomic E-state index is 0. The Morgan fingerprint density at radius 3 is 1.12 bits per heavy atom. The Kier molecular flexibility index (Phi) is 31.2. The van der Waals surface area contributed by atoms with Crippen molar-refractivity contribution in [2.24, 2.45) is 5.73 Å². The van der Waals surface area contributed by atoms with Gasteiger partial charge in [0.2, 0.25) is 5.91 Å². The van der Waals surface area contributed by atoms with Crippen molar-refractivity contribution >= 4 is 49.8 Å². The molecule has 0 aromatic rings. The van der Waals surface area contributed by atoms with Gasteiger partial charge in [-0.2, -0.15) is 0 Å². The molecular formula is C19H37CaNO4. The number of hydrogen-bond donors (Lipinski definition) is 1. The van der Waals surface area contributed by atoms with Crippen molar-refractivity contribution in [2.45, 2.75) is 110 Å². The second-order valence-electron chi connectivity index (χ2n) is 6.42. The average molecular weight is 384 g/mol. The predicted octanol–water partition coefficient (Wildman–Crippen LogP) is 2.91. The van der Waals surface area contributed by atoms with E-state index in [1.165, 1.54) is 89.9 Å². The quantitative estimate of drug-likeness (QED) is 0.326. The fourth-order valence-electron chi connectivity index (χ4n) is 2.67. The van der Waals surface area contributed by atoms with Crippen LogP contribution in [0.5, 0.6) is 0 Å². The summed E-state index contributed by atoms with van der Waals surface area (Å²) in [5, 5.41) is 16.7. The Morgan fingerprint density at radius 1 is 0.640 bits per heavy atom. The monoisotopic (exact) mass is 383 g/mol. The number of carboxylic acid groups (broad SMARTS) is 2.